The molecule has 1 aromatic heterocycles. The van der Waals surface area contributed by atoms with E-state index in [-0.39, 0.29) is 24.4 Å². The Labute approximate surface area is 130 Å². The maximum Gasteiger partial charge on any atom is 0.287 e. The molecule has 1 aliphatic heterocycles. The molecule has 1 unspecified atom stereocenters. The van der Waals surface area contributed by atoms with Crippen LogP contribution in [0.4, 0.5) is 0 Å². The van der Waals surface area contributed by atoms with Crippen LogP contribution < -0.4 is 10.6 Å². The van der Waals surface area contributed by atoms with E-state index >= 15 is 0 Å². The molecule has 0 spiro atoms. The molecule has 1 aromatic carbocycles. The van der Waals surface area contributed by atoms with Gasteiger partial charge in [0.25, 0.3) is 5.91 Å². The summed E-state index contributed by atoms with van der Waals surface area (Å²) >= 11 is 0. The van der Waals surface area contributed by atoms with E-state index in [2.05, 4.69) is 10.6 Å². The van der Waals surface area contributed by atoms with Gasteiger partial charge in [-0.2, -0.15) is 0 Å². The number of amides is 1. The lowest BCUT2D eigenvalue weighted by molar-refractivity contribution is 0.0904. The zero-order valence-electron chi connectivity index (χ0n) is 12.4. The number of carbonyl (C=O) groups is 1. The first kappa shape index (κ1) is 15.9. The number of piperidine rings is 1. The minimum atomic E-state index is -0.105. The molecule has 114 valence electrons. The van der Waals surface area contributed by atoms with Crippen LogP contribution in [0.5, 0.6) is 0 Å². The molecule has 1 saturated heterocycles. The van der Waals surface area contributed by atoms with Crippen LogP contribution in [0.2, 0.25) is 0 Å². The highest BCUT2D eigenvalue weighted by Crippen LogP contribution is 2.27. The Bertz CT molecular complexity index is 645. The molecule has 1 atom stereocenters. The van der Waals surface area contributed by atoms with Crippen molar-refractivity contribution in [3.05, 3.63) is 35.1 Å². The first-order valence-electron chi connectivity index (χ1n) is 7.17. The molecule has 1 fully saturated rings. The van der Waals surface area contributed by atoms with Crippen LogP contribution in [0.3, 0.4) is 0 Å². The van der Waals surface area contributed by atoms with Gasteiger partial charge >= 0.3 is 0 Å². The highest BCUT2D eigenvalue weighted by molar-refractivity contribution is 5.99. The molecule has 2 heterocycles. The number of aryl methyl sites for hydroxylation is 2. The molecular weight excluding hydrogens is 288 g/mol. The Hall–Kier alpha value is -1.52. The highest BCUT2D eigenvalue weighted by Gasteiger charge is 2.22. The summed E-state index contributed by atoms with van der Waals surface area (Å²) in [5, 5.41) is 7.38. The van der Waals surface area contributed by atoms with Crippen LogP contribution in [-0.4, -0.2) is 25.0 Å². The predicted molar refractivity (Wildman–Crippen MR) is 86.3 cm³/mol. The van der Waals surface area contributed by atoms with Crippen molar-refractivity contribution in [2.75, 3.05) is 13.1 Å². The molecule has 1 aliphatic rings. The lowest BCUT2D eigenvalue weighted by atomic mass is 10.1. The number of hydrogen-bond acceptors (Lipinski definition) is 3. The number of benzene rings is 1. The van der Waals surface area contributed by atoms with E-state index in [0.717, 1.165) is 48.0 Å². The lowest BCUT2D eigenvalue weighted by Gasteiger charge is -2.23. The zero-order valence-corrected chi connectivity index (χ0v) is 13.2. The van der Waals surface area contributed by atoms with Crippen molar-refractivity contribution in [2.45, 2.75) is 32.7 Å². The van der Waals surface area contributed by atoms with Gasteiger partial charge in [0.15, 0.2) is 5.76 Å². The number of hydrogen-bond donors (Lipinski definition) is 2. The summed E-state index contributed by atoms with van der Waals surface area (Å²) < 4.78 is 5.80. The van der Waals surface area contributed by atoms with E-state index < -0.39 is 0 Å². The molecule has 5 heteroatoms. The summed E-state index contributed by atoms with van der Waals surface area (Å²) in [7, 11) is 0. The van der Waals surface area contributed by atoms with Gasteiger partial charge in [-0.15, -0.1) is 12.4 Å². The number of halogens is 1. The Kier molecular flexibility index (Phi) is 4.91. The van der Waals surface area contributed by atoms with Crippen molar-refractivity contribution in [1.29, 1.82) is 0 Å². The van der Waals surface area contributed by atoms with Gasteiger partial charge in [0, 0.05) is 23.5 Å². The number of furan rings is 1. The summed E-state index contributed by atoms with van der Waals surface area (Å²) in [4.78, 5) is 12.4. The Morgan fingerprint density at radius 1 is 1.38 bits per heavy atom. The molecule has 0 bridgehead atoms. The van der Waals surface area contributed by atoms with Gasteiger partial charge in [0.2, 0.25) is 0 Å². The quantitative estimate of drug-likeness (QED) is 0.897. The average Bonchev–Trinajstić information content (AvgIpc) is 2.79. The van der Waals surface area contributed by atoms with Gasteiger partial charge in [-0.05, 0) is 38.8 Å². The smallest absolute Gasteiger partial charge is 0.287 e. The summed E-state index contributed by atoms with van der Waals surface area (Å²) in [6.45, 7) is 5.82. The van der Waals surface area contributed by atoms with E-state index in [1.165, 1.54) is 0 Å². The molecule has 0 aliphatic carbocycles. The van der Waals surface area contributed by atoms with Gasteiger partial charge < -0.3 is 15.1 Å². The Morgan fingerprint density at radius 2 is 2.19 bits per heavy atom. The van der Waals surface area contributed by atoms with Crippen molar-refractivity contribution in [3.8, 4) is 0 Å². The molecule has 2 N–H and O–H groups in total. The SMILES string of the molecule is Cc1c(C(=O)NC2CCCNC2)oc2c(C)cccc12.Cl. The van der Waals surface area contributed by atoms with E-state index in [1.54, 1.807) is 0 Å². The van der Waals surface area contributed by atoms with Gasteiger partial charge in [-0.25, -0.2) is 0 Å². The summed E-state index contributed by atoms with van der Waals surface area (Å²) in [6.07, 6.45) is 2.13. The number of rotatable bonds is 2. The molecule has 2 aromatic rings. The average molecular weight is 309 g/mol. The van der Waals surface area contributed by atoms with Crippen molar-refractivity contribution in [1.82, 2.24) is 10.6 Å². The second kappa shape index (κ2) is 6.50. The van der Waals surface area contributed by atoms with Crippen LogP contribution in [-0.2, 0) is 0 Å². The fourth-order valence-corrected chi connectivity index (χ4v) is 2.83. The predicted octanol–water partition coefficient (Wildman–Crippen LogP) is 2.95. The molecular formula is C16H21ClN2O2. The maximum absolute atomic E-state index is 12.4. The Balaban J connectivity index is 0.00000161. The molecule has 1 amide bonds. The number of carbonyl (C=O) groups excluding carboxylic acids is 1. The zero-order chi connectivity index (χ0) is 14.1. The second-order valence-electron chi connectivity index (χ2n) is 5.52. The van der Waals surface area contributed by atoms with Gasteiger partial charge in [-0.1, -0.05) is 18.2 Å². The van der Waals surface area contributed by atoms with Crippen LogP contribution in [0, 0.1) is 13.8 Å². The van der Waals surface area contributed by atoms with E-state index in [4.69, 9.17) is 4.42 Å². The number of fused-ring (bicyclic) bond motifs is 1. The monoisotopic (exact) mass is 308 g/mol. The Morgan fingerprint density at radius 3 is 2.86 bits per heavy atom. The fourth-order valence-electron chi connectivity index (χ4n) is 2.83. The van der Waals surface area contributed by atoms with E-state index in [1.807, 2.05) is 32.0 Å². The van der Waals surface area contributed by atoms with Gasteiger partial charge in [-0.3, -0.25) is 4.79 Å². The van der Waals surface area contributed by atoms with Crippen molar-refractivity contribution < 1.29 is 9.21 Å². The minimum Gasteiger partial charge on any atom is -0.450 e. The maximum atomic E-state index is 12.4. The molecule has 3 rings (SSSR count). The van der Waals surface area contributed by atoms with Crippen molar-refractivity contribution >= 4 is 29.3 Å². The van der Waals surface area contributed by atoms with Crippen LogP contribution in [0.15, 0.2) is 22.6 Å². The third kappa shape index (κ3) is 3.06. The number of nitrogens with one attached hydrogen (secondary N) is 2. The first-order chi connectivity index (χ1) is 9.66. The van der Waals surface area contributed by atoms with Crippen LogP contribution in [0.25, 0.3) is 11.0 Å². The highest BCUT2D eigenvalue weighted by atomic mass is 35.5. The molecule has 0 saturated carbocycles. The normalized spacial score (nSPS) is 18.3. The second-order valence-corrected chi connectivity index (χ2v) is 5.52. The lowest BCUT2D eigenvalue weighted by Crippen LogP contribution is -2.45. The summed E-state index contributed by atoms with van der Waals surface area (Å²) in [5.41, 5.74) is 2.80. The molecule has 0 radical (unpaired) electrons. The molecule has 4 nitrogen and oxygen atoms in total. The van der Waals surface area contributed by atoms with E-state index in [9.17, 15) is 4.79 Å². The molecule has 21 heavy (non-hydrogen) atoms. The topological polar surface area (TPSA) is 54.3 Å². The first-order valence-corrected chi connectivity index (χ1v) is 7.17. The summed E-state index contributed by atoms with van der Waals surface area (Å²) in [5.74, 6) is 0.340. The van der Waals surface area contributed by atoms with Gasteiger partial charge in [0.1, 0.15) is 5.58 Å². The van der Waals surface area contributed by atoms with Crippen LogP contribution in [0.1, 0.15) is 34.5 Å². The summed E-state index contributed by atoms with van der Waals surface area (Å²) in [6, 6.07) is 6.19. The minimum absolute atomic E-state index is 0. The van der Waals surface area contributed by atoms with Gasteiger partial charge in [0.05, 0.1) is 0 Å². The van der Waals surface area contributed by atoms with Crippen molar-refractivity contribution in [3.63, 3.8) is 0 Å². The third-order valence-electron chi connectivity index (χ3n) is 4.00. The van der Waals surface area contributed by atoms with E-state index in [0.29, 0.717) is 5.76 Å². The standard InChI is InChI=1S/C16H20N2O2.ClH/c1-10-5-3-7-13-11(2)15(20-14(10)13)16(19)18-12-6-4-8-17-9-12;/h3,5,7,12,17H,4,6,8-9H2,1-2H3,(H,18,19);1H. The van der Waals surface area contributed by atoms with Crippen LogP contribution >= 0.6 is 12.4 Å². The largest absolute Gasteiger partial charge is 0.450 e. The number of para-hydroxylation sites is 1. The fraction of sp³-hybridized carbons (Fsp3) is 0.438. The van der Waals surface area contributed by atoms with Crippen molar-refractivity contribution in [2.24, 2.45) is 0 Å². The third-order valence-corrected chi connectivity index (χ3v) is 4.00.